The van der Waals surface area contributed by atoms with Crippen molar-refractivity contribution in [2.24, 2.45) is 0 Å². The number of thioether (sulfide) groups is 1. The Labute approximate surface area is 172 Å². The van der Waals surface area contributed by atoms with Gasteiger partial charge in [-0.2, -0.15) is 0 Å². The Morgan fingerprint density at radius 1 is 1.25 bits per heavy atom. The summed E-state index contributed by atoms with van der Waals surface area (Å²) >= 11 is 1.64. The molecule has 28 heavy (non-hydrogen) atoms. The lowest BCUT2D eigenvalue weighted by Gasteiger charge is -2.34. The average molecular weight is 399 g/mol. The molecule has 1 N–H and O–H groups in total. The van der Waals surface area contributed by atoms with Crippen molar-refractivity contribution in [1.29, 1.82) is 0 Å². The molecule has 2 heterocycles. The number of rotatable bonds is 7. The van der Waals surface area contributed by atoms with E-state index < -0.39 is 0 Å². The van der Waals surface area contributed by atoms with E-state index in [1.165, 1.54) is 19.3 Å². The highest BCUT2D eigenvalue weighted by Crippen LogP contribution is 2.27. The van der Waals surface area contributed by atoms with Crippen LogP contribution >= 0.6 is 11.8 Å². The van der Waals surface area contributed by atoms with Crippen molar-refractivity contribution >= 4 is 23.5 Å². The smallest absolute Gasteiger partial charge is 0.251 e. The van der Waals surface area contributed by atoms with Gasteiger partial charge in [-0.1, -0.05) is 30.8 Å². The van der Waals surface area contributed by atoms with E-state index in [-0.39, 0.29) is 5.91 Å². The normalized spacial score (nSPS) is 16.8. The average Bonchev–Trinajstić information content (AvgIpc) is 2.72. The van der Waals surface area contributed by atoms with Crippen LogP contribution in [0.3, 0.4) is 0 Å². The van der Waals surface area contributed by atoms with Gasteiger partial charge in [0.2, 0.25) is 0 Å². The van der Waals surface area contributed by atoms with Crippen LogP contribution in [0.25, 0.3) is 0 Å². The molecule has 1 amide bonds. The Bertz CT molecular complexity index is 811. The first-order valence-electron chi connectivity index (χ1n) is 10.2. The Hall–Kier alpha value is -2.08. The van der Waals surface area contributed by atoms with Crippen LogP contribution in [0.15, 0.2) is 35.5 Å². The van der Waals surface area contributed by atoms with Gasteiger partial charge in [0, 0.05) is 42.2 Å². The van der Waals surface area contributed by atoms with Crippen molar-refractivity contribution in [2.75, 3.05) is 18.0 Å². The number of aromatic nitrogens is 2. The molecule has 0 saturated carbocycles. The van der Waals surface area contributed by atoms with Crippen LogP contribution in [0.1, 0.15) is 61.6 Å². The molecule has 1 aromatic carbocycles. The van der Waals surface area contributed by atoms with Crippen LogP contribution in [0.2, 0.25) is 0 Å². The second-order valence-corrected chi connectivity index (χ2v) is 8.18. The van der Waals surface area contributed by atoms with Crippen molar-refractivity contribution in [3.8, 4) is 0 Å². The van der Waals surface area contributed by atoms with Crippen LogP contribution in [-0.2, 0) is 12.2 Å². The fraction of sp³-hybridized carbons (Fsp3) is 0.500. The molecule has 0 unspecified atom stereocenters. The summed E-state index contributed by atoms with van der Waals surface area (Å²) in [4.78, 5) is 24.1. The Balaban J connectivity index is 1.74. The van der Waals surface area contributed by atoms with Gasteiger partial charge in [0.1, 0.15) is 5.82 Å². The van der Waals surface area contributed by atoms with Crippen LogP contribution in [-0.4, -0.2) is 35.0 Å². The number of nitrogens with zero attached hydrogens (tertiary/aromatic N) is 3. The summed E-state index contributed by atoms with van der Waals surface area (Å²) in [5.41, 5.74) is 2.89. The topological polar surface area (TPSA) is 58.1 Å². The largest absolute Gasteiger partial charge is 0.354 e. The zero-order chi connectivity index (χ0) is 19.9. The minimum Gasteiger partial charge on any atom is -0.354 e. The molecular formula is C22H30N4OS. The van der Waals surface area contributed by atoms with Gasteiger partial charge in [0.05, 0.1) is 0 Å². The predicted molar refractivity (Wildman–Crippen MR) is 116 cm³/mol. The number of aryl methyl sites for hydroxylation is 1. The highest BCUT2D eigenvalue weighted by molar-refractivity contribution is 7.98. The third-order valence-electron chi connectivity index (χ3n) is 5.10. The van der Waals surface area contributed by atoms with Gasteiger partial charge in [-0.05, 0) is 57.2 Å². The van der Waals surface area contributed by atoms with E-state index in [0.717, 1.165) is 41.0 Å². The molecule has 0 aliphatic carbocycles. The van der Waals surface area contributed by atoms with Crippen molar-refractivity contribution < 1.29 is 4.79 Å². The van der Waals surface area contributed by atoms with Crippen molar-refractivity contribution in [3.05, 3.63) is 47.2 Å². The fourth-order valence-electron chi connectivity index (χ4n) is 3.50. The SMILES string of the molecule is CCNC(=O)c1cccc(CSc2nc(CC)cc(N3CCCC[C@@H]3C)n2)c1. The molecule has 1 fully saturated rings. The molecule has 1 aliphatic rings. The van der Waals surface area contributed by atoms with Crippen LogP contribution in [0, 0.1) is 0 Å². The number of carbonyl (C=O) groups excluding carboxylic acids is 1. The summed E-state index contributed by atoms with van der Waals surface area (Å²) in [6, 6.07) is 10.5. The Morgan fingerprint density at radius 2 is 2.11 bits per heavy atom. The minimum atomic E-state index is -0.0278. The first-order chi connectivity index (χ1) is 13.6. The van der Waals surface area contributed by atoms with Crippen molar-refractivity contribution in [2.45, 2.75) is 63.4 Å². The maximum atomic E-state index is 12.1. The van der Waals surface area contributed by atoms with E-state index in [1.807, 2.05) is 31.2 Å². The lowest BCUT2D eigenvalue weighted by atomic mass is 10.0. The van der Waals surface area contributed by atoms with E-state index in [9.17, 15) is 4.79 Å². The van der Waals surface area contributed by atoms with Crippen molar-refractivity contribution in [1.82, 2.24) is 15.3 Å². The van der Waals surface area contributed by atoms with E-state index in [2.05, 4.69) is 30.1 Å². The van der Waals surface area contributed by atoms with Gasteiger partial charge in [0.25, 0.3) is 5.91 Å². The number of amides is 1. The van der Waals surface area contributed by atoms with Crippen LogP contribution in [0.5, 0.6) is 0 Å². The van der Waals surface area contributed by atoms with Gasteiger partial charge in [-0.3, -0.25) is 4.79 Å². The maximum absolute atomic E-state index is 12.1. The summed E-state index contributed by atoms with van der Waals surface area (Å²) in [5, 5.41) is 3.67. The molecule has 6 heteroatoms. The first kappa shape index (κ1) is 20.6. The molecule has 0 radical (unpaired) electrons. The number of nitrogens with one attached hydrogen (secondary N) is 1. The summed E-state index contributed by atoms with van der Waals surface area (Å²) < 4.78 is 0. The zero-order valence-electron chi connectivity index (χ0n) is 17.1. The molecular weight excluding hydrogens is 368 g/mol. The summed E-state index contributed by atoms with van der Waals surface area (Å²) in [6.45, 7) is 8.05. The quantitative estimate of drug-likeness (QED) is 0.551. The first-order valence-corrected chi connectivity index (χ1v) is 11.2. The number of piperidine rings is 1. The van der Waals surface area contributed by atoms with Gasteiger partial charge in [0.15, 0.2) is 5.16 Å². The molecule has 3 rings (SSSR count). The molecule has 1 aliphatic heterocycles. The standard InChI is InChI=1S/C22H30N4OS/c1-4-19-14-20(26-12-7-6-9-16(26)3)25-22(24-19)28-15-17-10-8-11-18(13-17)21(27)23-5-2/h8,10-11,13-14,16H,4-7,9,12,15H2,1-3H3,(H,23,27)/t16-/m0/s1. The zero-order valence-corrected chi connectivity index (χ0v) is 17.9. The second-order valence-electron chi connectivity index (χ2n) is 7.24. The van der Waals surface area contributed by atoms with E-state index in [1.54, 1.807) is 11.8 Å². The van der Waals surface area contributed by atoms with Gasteiger partial charge in [-0.15, -0.1) is 0 Å². The highest BCUT2D eigenvalue weighted by Gasteiger charge is 2.21. The van der Waals surface area contributed by atoms with E-state index >= 15 is 0 Å². The summed E-state index contributed by atoms with van der Waals surface area (Å²) in [6.07, 6.45) is 4.65. The number of benzene rings is 1. The van der Waals surface area contributed by atoms with Crippen molar-refractivity contribution in [3.63, 3.8) is 0 Å². The summed E-state index contributed by atoms with van der Waals surface area (Å²) in [5.74, 6) is 1.77. The predicted octanol–water partition coefficient (Wildman–Crippen LogP) is 4.46. The highest BCUT2D eigenvalue weighted by atomic mass is 32.2. The fourth-order valence-corrected chi connectivity index (χ4v) is 4.32. The van der Waals surface area contributed by atoms with Gasteiger partial charge in [-0.25, -0.2) is 9.97 Å². The van der Waals surface area contributed by atoms with Gasteiger partial charge >= 0.3 is 0 Å². The molecule has 0 bridgehead atoms. The van der Waals surface area contributed by atoms with E-state index in [0.29, 0.717) is 18.2 Å². The second kappa shape index (κ2) is 9.92. The molecule has 150 valence electrons. The maximum Gasteiger partial charge on any atom is 0.251 e. The minimum absolute atomic E-state index is 0.0278. The van der Waals surface area contributed by atoms with Crippen LogP contribution < -0.4 is 10.2 Å². The summed E-state index contributed by atoms with van der Waals surface area (Å²) in [7, 11) is 0. The van der Waals surface area contributed by atoms with Crippen LogP contribution in [0.4, 0.5) is 5.82 Å². The molecule has 1 aromatic heterocycles. The van der Waals surface area contributed by atoms with E-state index in [4.69, 9.17) is 9.97 Å². The Morgan fingerprint density at radius 3 is 2.86 bits per heavy atom. The number of carbonyl (C=O) groups is 1. The van der Waals surface area contributed by atoms with Gasteiger partial charge < -0.3 is 10.2 Å². The third kappa shape index (κ3) is 5.25. The number of hydrogen-bond donors (Lipinski definition) is 1. The Kier molecular flexibility index (Phi) is 7.31. The number of anilines is 1. The molecule has 1 atom stereocenters. The molecule has 5 nitrogen and oxygen atoms in total. The lowest BCUT2D eigenvalue weighted by molar-refractivity contribution is 0.0955. The monoisotopic (exact) mass is 398 g/mol. The molecule has 1 saturated heterocycles. The lowest BCUT2D eigenvalue weighted by Crippen LogP contribution is -2.38. The number of hydrogen-bond acceptors (Lipinski definition) is 5. The molecule has 2 aromatic rings. The third-order valence-corrected chi connectivity index (χ3v) is 6.02. The molecule has 0 spiro atoms.